The van der Waals surface area contributed by atoms with Crippen LogP contribution in [0.4, 0.5) is 0 Å². The van der Waals surface area contributed by atoms with Crippen molar-refractivity contribution in [3.8, 4) is 0 Å². The van der Waals surface area contributed by atoms with Gasteiger partial charge >= 0.3 is 0 Å². The molecule has 2 fully saturated rings. The van der Waals surface area contributed by atoms with E-state index < -0.39 is 0 Å². The van der Waals surface area contributed by atoms with Gasteiger partial charge in [-0.05, 0) is 71.4 Å². The monoisotopic (exact) mass is 310 g/mol. The van der Waals surface area contributed by atoms with Gasteiger partial charge in [-0.3, -0.25) is 0 Å². The summed E-state index contributed by atoms with van der Waals surface area (Å²) in [6.07, 6.45) is 11.2. The second-order valence-corrected chi connectivity index (χ2v) is 7.01. The van der Waals surface area contributed by atoms with Crippen LogP contribution in [0.1, 0.15) is 51.4 Å². The number of piperidine rings is 1. The third kappa shape index (κ3) is 8.47. The number of rotatable bonds is 10. The molecule has 0 aromatic rings. The van der Waals surface area contributed by atoms with Crippen molar-refractivity contribution < 1.29 is 0 Å². The fourth-order valence-electron chi connectivity index (χ4n) is 3.63. The molecule has 130 valence electrons. The van der Waals surface area contributed by atoms with Crippen LogP contribution >= 0.6 is 0 Å². The van der Waals surface area contributed by atoms with Crippen molar-refractivity contribution in [2.45, 2.75) is 51.4 Å². The fourth-order valence-corrected chi connectivity index (χ4v) is 3.63. The zero-order valence-electron chi connectivity index (χ0n) is 14.6. The number of nitrogens with one attached hydrogen (secondary N) is 2. The third-order valence-corrected chi connectivity index (χ3v) is 5.06. The summed E-state index contributed by atoms with van der Waals surface area (Å²) in [5.74, 6) is 0. The standard InChI is InChI=1S/C18H38N4/c1-2-5-14-21(13-4-1)17-8-9-19-10-11-20-12-18-22-15-6-3-7-16-22/h19-20H,1-18H2. The van der Waals surface area contributed by atoms with E-state index in [1.807, 2.05) is 0 Å². The molecule has 0 bridgehead atoms. The lowest BCUT2D eigenvalue weighted by atomic mass is 10.1. The van der Waals surface area contributed by atoms with Crippen LogP contribution in [-0.2, 0) is 0 Å². The van der Waals surface area contributed by atoms with Crippen LogP contribution in [-0.4, -0.2) is 75.2 Å². The summed E-state index contributed by atoms with van der Waals surface area (Å²) in [6.45, 7) is 12.4. The maximum absolute atomic E-state index is 3.58. The van der Waals surface area contributed by atoms with Crippen molar-refractivity contribution in [1.82, 2.24) is 20.4 Å². The first kappa shape index (κ1) is 18.2. The Morgan fingerprint density at radius 3 is 1.64 bits per heavy atom. The second kappa shape index (κ2) is 12.3. The lowest BCUT2D eigenvalue weighted by Gasteiger charge is -2.26. The highest BCUT2D eigenvalue weighted by molar-refractivity contribution is 4.66. The first-order valence-electron chi connectivity index (χ1n) is 9.81. The average molecular weight is 311 g/mol. The van der Waals surface area contributed by atoms with Crippen molar-refractivity contribution in [2.24, 2.45) is 0 Å². The molecule has 4 heteroatoms. The predicted molar refractivity (Wildman–Crippen MR) is 95.6 cm³/mol. The molecule has 2 N–H and O–H groups in total. The summed E-state index contributed by atoms with van der Waals surface area (Å²) in [7, 11) is 0. The summed E-state index contributed by atoms with van der Waals surface area (Å²) in [4.78, 5) is 5.26. The Hall–Kier alpha value is -0.160. The van der Waals surface area contributed by atoms with E-state index >= 15 is 0 Å². The summed E-state index contributed by atoms with van der Waals surface area (Å²) in [5, 5.41) is 7.14. The first-order valence-corrected chi connectivity index (χ1v) is 9.81. The average Bonchev–Trinajstić information content (AvgIpc) is 2.83. The van der Waals surface area contributed by atoms with Crippen molar-refractivity contribution in [1.29, 1.82) is 0 Å². The van der Waals surface area contributed by atoms with Gasteiger partial charge in [0.15, 0.2) is 0 Å². The van der Waals surface area contributed by atoms with Crippen LogP contribution in [0.25, 0.3) is 0 Å². The molecule has 0 aliphatic carbocycles. The molecule has 2 aliphatic rings. The fraction of sp³-hybridized carbons (Fsp3) is 1.00. The number of hydrogen-bond acceptors (Lipinski definition) is 4. The van der Waals surface area contributed by atoms with Crippen LogP contribution in [0.5, 0.6) is 0 Å². The van der Waals surface area contributed by atoms with Crippen LogP contribution in [0.15, 0.2) is 0 Å². The molecule has 0 spiro atoms. The number of nitrogens with zero attached hydrogens (tertiary/aromatic N) is 2. The van der Waals surface area contributed by atoms with Gasteiger partial charge in [-0.15, -0.1) is 0 Å². The zero-order valence-corrected chi connectivity index (χ0v) is 14.6. The van der Waals surface area contributed by atoms with Gasteiger partial charge in [0.1, 0.15) is 0 Å². The normalized spacial score (nSPS) is 21.8. The largest absolute Gasteiger partial charge is 0.315 e. The number of hydrogen-bond donors (Lipinski definition) is 2. The van der Waals surface area contributed by atoms with E-state index in [9.17, 15) is 0 Å². The van der Waals surface area contributed by atoms with E-state index in [-0.39, 0.29) is 0 Å². The van der Waals surface area contributed by atoms with Crippen molar-refractivity contribution in [3.05, 3.63) is 0 Å². The quantitative estimate of drug-likeness (QED) is 0.604. The van der Waals surface area contributed by atoms with Gasteiger partial charge in [-0.2, -0.15) is 0 Å². The van der Waals surface area contributed by atoms with E-state index in [0.717, 1.165) is 19.6 Å². The van der Waals surface area contributed by atoms with Gasteiger partial charge in [-0.1, -0.05) is 19.3 Å². The van der Waals surface area contributed by atoms with Crippen molar-refractivity contribution in [3.63, 3.8) is 0 Å². The topological polar surface area (TPSA) is 30.5 Å². The zero-order chi connectivity index (χ0) is 15.3. The molecule has 2 aliphatic heterocycles. The lowest BCUT2D eigenvalue weighted by Crippen LogP contribution is -2.37. The molecule has 0 aromatic carbocycles. The molecule has 0 radical (unpaired) electrons. The Bertz CT molecular complexity index is 245. The summed E-state index contributed by atoms with van der Waals surface area (Å²) in [5.41, 5.74) is 0. The van der Waals surface area contributed by atoms with Gasteiger partial charge < -0.3 is 20.4 Å². The van der Waals surface area contributed by atoms with E-state index in [4.69, 9.17) is 0 Å². The minimum Gasteiger partial charge on any atom is -0.315 e. The molecule has 0 unspecified atom stereocenters. The molecule has 0 atom stereocenters. The van der Waals surface area contributed by atoms with E-state index in [0.29, 0.717) is 0 Å². The molecule has 2 heterocycles. The van der Waals surface area contributed by atoms with Gasteiger partial charge in [0.2, 0.25) is 0 Å². The molecule has 0 amide bonds. The minimum atomic E-state index is 1.11. The van der Waals surface area contributed by atoms with Gasteiger partial charge in [0, 0.05) is 26.2 Å². The molecule has 0 aromatic heterocycles. The first-order chi connectivity index (χ1) is 10.9. The molecular formula is C18H38N4. The van der Waals surface area contributed by atoms with Crippen LogP contribution < -0.4 is 10.6 Å². The number of likely N-dealkylation sites (tertiary alicyclic amines) is 2. The highest BCUT2D eigenvalue weighted by Crippen LogP contribution is 2.09. The van der Waals surface area contributed by atoms with E-state index in [1.54, 1.807) is 0 Å². The smallest absolute Gasteiger partial charge is 0.0107 e. The van der Waals surface area contributed by atoms with Crippen molar-refractivity contribution in [2.75, 3.05) is 65.4 Å². The second-order valence-electron chi connectivity index (χ2n) is 7.01. The molecule has 4 nitrogen and oxygen atoms in total. The van der Waals surface area contributed by atoms with E-state index in [2.05, 4.69) is 20.4 Å². The van der Waals surface area contributed by atoms with Gasteiger partial charge in [0.25, 0.3) is 0 Å². The summed E-state index contributed by atoms with van der Waals surface area (Å²) >= 11 is 0. The van der Waals surface area contributed by atoms with Crippen LogP contribution in [0, 0.1) is 0 Å². The van der Waals surface area contributed by atoms with Crippen LogP contribution in [0.2, 0.25) is 0 Å². The maximum atomic E-state index is 3.58. The highest BCUT2D eigenvalue weighted by atomic mass is 15.1. The Kier molecular flexibility index (Phi) is 10.2. The highest BCUT2D eigenvalue weighted by Gasteiger charge is 2.09. The van der Waals surface area contributed by atoms with Gasteiger partial charge in [0.05, 0.1) is 0 Å². The van der Waals surface area contributed by atoms with Gasteiger partial charge in [-0.25, -0.2) is 0 Å². The Balaban J connectivity index is 1.32. The summed E-state index contributed by atoms with van der Waals surface area (Å²) in [6, 6.07) is 0. The Morgan fingerprint density at radius 1 is 0.500 bits per heavy atom. The van der Waals surface area contributed by atoms with E-state index in [1.165, 1.54) is 97.2 Å². The van der Waals surface area contributed by atoms with Crippen molar-refractivity contribution >= 4 is 0 Å². The predicted octanol–water partition coefficient (Wildman–Crippen LogP) is 1.92. The lowest BCUT2D eigenvalue weighted by molar-refractivity contribution is 0.229. The third-order valence-electron chi connectivity index (χ3n) is 5.06. The molecular weight excluding hydrogens is 272 g/mol. The SMILES string of the molecule is C1CCCN(CCCNCCNCCN2CCCCC2)CC1. The molecule has 22 heavy (non-hydrogen) atoms. The Morgan fingerprint density at radius 2 is 1.00 bits per heavy atom. The molecule has 0 saturated carbocycles. The minimum absolute atomic E-state index is 1.11. The van der Waals surface area contributed by atoms with Crippen LogP contribution in [0.3, 0.4) is 0 Å². The maximum Gasteiger partial charge on any atom is 0.0107 e. The Labute approximate surface area is 138 Å². The summed E-state index contributed by atoms with van der Waals surface area (Å²) < 4.78 is 0. The molecule has 2 saturated heterocycles. The molecule has 2 rings (SSSR count).